The van der Waals surface area contributed by atoms with Crippen molar-refractivity contribution in [2.24, 2.45) is 0 Å². The van der Waals surface area contributed by atoms with E-state index in [2.05, 4.69) is 25.7 Å². The number of tetrazole rings is 1. The summed E-state index contributed by atoms with van der Waals surface area (Å²) in [6.07, 6.45) is 3.57. The zero-order valence-corrected chi connectivity index (χ0v) is 17.0. The normalized spacial score (nSPS) is 16.4. The van der Waals surface area contributed by atoms with Crippen molar-refractivity contribution >= 4 is 11.6 Å². The summed E-state index contributed by atoms with van der Waals surface area (Å²) >= 11 is 0. The predicted molar refractivity (Wildman–Crippen MR) is 111 cm³/mol. The second kappa shape index (κ2) is 8.91. The Morgan fingerprint density at radius 1 is 1.13 bits per heavy atom. The number of anilines is 1. The van der Waals surface area contributed by atoms with E-state index in [4.69, 9.17) is 9.47 Å². The highest BCUT2D eigenvalue weighted by atomic mass is 16.5. The topological polar surface area (TPSA) is 94.4 Å². The molecule has 4 rings (SSSR count). The Morgan fingerprint density at radius 3 is 2.63 bits per heavy atom. The third kappa shape index (κ3) is 4.25. The lowest BCUT2D eigenvalue weighted by atomic mass is 10.0. The van der Waals surface area contributed by atoms with E-state index in [0.29, 0.717) is 18.0 Å². The standard InChI is InChI=1S/C21H24N6O3/c1-29-19-10-5-15(12-20(19)30-2)18-4-3-11-26(18)13-21(28)23-16-6-8-17(9-7-16)27-14-22-24-25-27/h5-10,12,14,18H,3-4,11,13H2,1-2H3,(H,23,28)/t18-/m0/s1. The molecule has 0 unspecified atom stereocenters. The average Bonchev–Trinajstić information content (AvgIpc) is 3.46. The quantitative estimate of drug-likeness (QED) is 0.642. The molecule has 2 heterocycles. The van der Waals surface area contributed by atoms with Crippen molar-refractivity contribution in [3.63, 3.8) is 0 Å². The van der Waals surface area contributed by atoms with Gasteiger partial charge >= 0.3 is 0 Å². The summed E-state index contributed by atoms with van der Waals surface area (Å²) in [6, 6.07) is 13.5. The maximum Gasteiger partial charge on any atom is 0.238 e. The van der Waals surface area contributed by atoms with Crippen LogP contribution in [0.3, 0.4) is 0 Å². The van der Waals surface area contributed by atoms with Crippen LogP contribution in [0.25, 0.3) is 5.69 Å². The number of benzene rings is 2. The largest absolute Gasteiger partial charge is 0.493 e. The first-order valence-corrected chi connectivity index (χ1v) is 9.77. The third-order valence-corrected chi connectivity index (χ3v) is 5.27. The van der Waals surface area contributed by atoms with Crippen molar-refractivity contribution in [1.29, 1.82) is 0 Å². The first-order valence-electron chi connectivity index (χ1n) is 9.77. The van der Waals surface area contributed by atoms with Gasteiger partial charge in [-0.25, -0.2) is 4.68 Å². The minimum absolute atomic E-state index is 0.0439. The van der Waals surface area contributed by atoms with Crippen molar-refractivity contribution in [3.8, 4) is 17.2 Å². The predicted octanol–water partition coefficient (Wildman–Crippen LogP) is 2.46. The fraction of sp³-hybridized carbons (Fsp3) is 0.333. The Morgan fingerprint density at radius 2 is 1.93 bits per heavy atom. The minimum Gasteiger partial charge on any atom is -0.493 e. The number of nitrogens with one attached hydrogen (secondary N) is 1. The number of aromatic nitrogens is 4. The van der Waals surface area contributed by atoms with Gasteiger partial charge in [0.25, 0.3) is 0 Å². The first-order chi connectivity index (χ1) is 14.7. The van der Waals surface area contributed by atoms with Gasteiger partial charge in [-0.2, -0.15) is 0 Å². The highest BCUT2D eigenvalue weighted by Crippen LogP contribution is 2.36. The Balaban J connectivity index is 1.40. The summed E-state index contributed by atoms with van der Waals surface area (Å²) in [5.74, 6) is 1.36. The van der Waals surface area contributed by atoms with Crippen LogP contribution in [0.5, 0.6) is 11.5 Å². The molecule has 0 radical (unpaired) electrons. The summed E-state index contributed by atoms with van der Waals surface area (Å²) in [5.41, 5.74) is 2.69. The van der Waals surface area contributed by atoms with Gasteiger partial charge < -0.3 is 14.8 Å². The Labute approximate surface area is 174 Å². The molecule has 2 aromatic carbocycles. The van der Waals surface area contributed by atoms with Gasteiger partial charge in [0.2, 0.25) is 5.91 Å². The molecule has 1 N–H and O–H groups in total. The Bertz CT molecular complexity index is 990. The van der Waals surface area contributed by atoms with Crippen molar-refractivity contribution in [2.45, 2.75) is 18.9 Å². The molecule has 9 nitrogen and oxygen atoms in total. The lowest BCUT2D eigenvalue weighted by Gasteiger charge is -2.25. The van der Waals surface area contributed by atoms with Gasteiger partial charge in [-0.05, 0) is 71.8 Å². The molecule has 1 fully saturated rings. The van der Waals surface area contributed by atoms with Crippen LogP contribution in [0.15, 0.2) is 48.8 Å². The number of ether oxygens (including phenoxy) is 2. The third-order valence-electron chi connectivity index (χ3n) is 5.27. The number of hydrogen-bond acceptors (Lipinski definition) is 7. The fourth-order valence-electron chi connectivity index (χ4n) is 3.82. The van der Waals surface area contributed by atoms with Crippen LogP contribution >= 0.6 is 0 Å². The van der Waals surface area contributed by atoms with E-state index < -0.39 is 0 Å². The van der Waals surface area contributed by atoms with Crippen molar-refractivity contribution in [2.75, 3.05) is 32.6 Å². The van der Waals surface area contributed by atoms with Gasteiger partial charge in [-0.1, -0.05) is 6.07 Å². The van der Waals surface area contributed by atoms with E-state index in [-0.39, 0.29) is 11.9 Å². The molecule has 0 spiro atoms. The van der Waals surface area contributed by atoms with E-state index in [1.165, 1.54) is 6.33 Å². The maximum absolute atomic E-state index is 12.6. The number of methoxy groups -OCH3 is 2. The van der Waals surface area contributed by atoms with Gasteiger partial charge in [0.1, 0.15) is 6.33 Å². The monoisotopic (exact) mass is 408 g/mol. The van der Waals surface area contributed by atoms with Gasteiger partial charge in [0.05, 0.1) is 26.5 Å². The number of carbonyl (C=O) groups is 1. The second-order valence-electron chi connectivity index (χ2n) is 7.09. The number of likely N-dealkylation sites (tertiary alicyclic amines) is 1. The smallest absolute Gasteiger partial charge is 0.238 e. The second-order valence-corrected chi connectivity index (χ2v) is 7.09. The molecule has 1 atom stereocenters. The van der Waals surface area contributed by atoms with Crippen LogP contribution in [-0.4, -0.2) is 58.3 Å². The zero-order chi connectivity index (χ0) is 20.9. The molecule has 0 saturated carbocycles. The fourth-order valence-corrected chi connectivity index (χ4v) is 3.82. The SMILES string of the molecule is COc1ccc([C@@H]2CCCN2CC(=O)Nc2ccc(-n3cnnn3)cc2)cc1OC. The van der Waals surface area contributed by atoms with Crippen LogP contribution in [0.2, 0.25) is 0 Å². The van der Waals surface area contributed by atoms with Gasteiger partial charge in [-0.3, -0.25) is 9.69 Å². The van der Waals surface area contributed by atoms with Crippen molar-refractivity contribution in [3.05, 3.63) is 54.4 Å². The van der Waals surface area contributed by atoms with E-state index in [1.807, 2.05) is 42.5 Å². The van der Waals surface area contributed by atoms with Crippen LogP contribution < -0.4 is 14.8 Å². The summed E-state index contributed by atoms with van der Waals surface area (Å²) in [7, 11) is 3.26. The van der Waals surface area contributed by atoms with Crippen LogP contribution in [0.1, 0.15) is 24.4 Å². The summed E-state index contributed by atoms with van der Waals surface area (Å²) in [5, 5.41) is 14.1. The molecule has 1 aliphatic heterocycles. The van der Waals surface area contributed by atoms with E-state index >= 15 is 0 Å². The first kappa shape index (κ1) is 19.8. The molecule has 1 aromatic heterocycles. The number of nitrogens with zero attached hydrogens (tertiary/aromatic N) is 5. The maximum atomic E-state index is 12.6. The molecular weight excluding hydrogens is 384 g/mol. The highest BCUT2D eigenvalue weighted by Gasteiger charge is 2.28. The number of amides is 1. The number of hydrogen-bond donors (Lipinski definition) is 1. The van der Waals surface area contributed by atoms with E-state index in [0.717, 1.165) is 36.3 Å². The van der Waals surface area contributed by atoms with Crippen LogP contribution in [0.4, 0.5) is 5.69 Å². The number of carbonyl (C=O) groups excluding carboxylic acids is 1. The van der Waals surface area contributed by atoms with Gasteiger partial charge in [0, 0.05) is 11.7 Å². The zero-order valence-electron chi connectivity index (χ0n) is 17.0. The molecule has 1 amide bonds. The van der Waals surface area contributed by atoms with E-state index in [1.54, 1.807) is 18.9 Å². The Hall–Kier alpha value is -3.46. The van der Waals surface area contributed by atoms with Gasteiger partial charge in [-0.15, -0.1) is 5.10 Å². The summed E-state index contributed by atoms with van der Waals surface area (Å²) in [6.45, 7) is 1.21. The van der Waals surface area contributed by atoms with Gasteiger partial charge in [0.15, 0.2) is 11.5 Å². The average molecular weight is 408 g/mol. The summed E-state index contributed by atoms with van der Waals surface area (Å²) < 4.78 is 12.3. The molecule has 9 heteroatoms. The molecule has 1 aliphatic rings. The molecule has 0 aliphatic carbocycles. The number of rotatable bonds is 7. The van der Waals surface area contributed by atoms with Crippen LogP contribution in [-0.2, 0) is 4.79 Å². The molecule has 0 bridgehead atoms. The molecule has 1 saturated heterocycles. The molecule has 156 valence electrons. The minimum atomic E-state index is -0.0439. The summed E-state index contributed by atoms with van der Waals surface area (Å²) in [4.78, 5) is 14.8. The lowest BCUT2D eigenvalue weighted by Crippen LogP contribution is -2.32. The van der Waals surface area contributed by atoms with Crippen molar-refractivity contribution in [1.82, 2.24) is 25.1 Å². The van der Waals surface area contributed by atoms with Crippen molar-refractivity contribution < 1.29 is 14.3 Å². The highest BCUT2D eigenvalue weighted by molar-refractivity contribution is 5.92. The van der Waals surface area contributed by atoms with E-state index in [9.17, 15) is 4.79 Å². The van der Waals surface area contributed by atoms with Crippen LogP contribution in [0, 0.1) is 0 Å². The lowest BCUT2D eigenvalue weighted by molar-refractivity contribution is -0.117. The Kier molecular flexibility index (Phi) is 5.89. The molecule has 30 heavy (non-hydrogen) atoms. The molecule has 3 aromatic rings. The molecular formula is C21H24N6O3.